The van der Waals surface area contributed by atoms with Crippen molar-refractivity contribution >= 4 is 17.7 Å². The Kier molecular flexibility index (Phi) is 8.52. The van der Waals surface area contributed by atoms with E-state index in [1.807, 2.05) is 6.07 Å². The van der Waals surface area contributed by atoms with Crippen LogP contribution in [0.4, 0.5) is 0 Å². The van der Waals surface area contributed by atoms with Gasteiger partial charge >= 0.3 is 0 Å². The lowest BCUT2D eigenvalue weighted by Gasteiger charge is -2.02. The lowest BCUT2D eigenvalue weighted by molar-refractivity contribution is -0.304. The molecule has 35 heavy (non-hydrogen) atoms. The topological polar surface area (TPSA) is 40.1 Å². The average molecular weight is 475 g/mol. The van der Waals surface area contributed by atoms with E-state index in [-0.39, 0.29) is 6.42 Å². The Morgan fingerprint density at radius 1 is 0.486 bits per heavy atom. The van der Waals surface area contributed by atoms with Crippen molar-refractivity contribution in [3.8, 4) is 22.3 Å². The Hall–Kier alpha value is -4.08. The molecule has 5 aromatic carbocycles. The second-order valence-electron chi connectivity index (χ2n) is 7.97. The van der Waals surface area contributed by atoms with Crippen LogP contribution in [0.25, 0.3) is 22.3 Å². The molecule has 0 amide bonds. The quantitative estimate of drug-likeness (QED) is 0.216. The standard InChI is InChI=1S/C24H18S.C8H8O2/c1-3-7-19(8-4-1)21-11-15-23(16-12-21)25-24-17-13-22(14-18-24)20-9-5-2-6-10-20;9-8(10)6-7-4-2-1-3-5-7/h1-18H;1-5H,6H2,(H,9,10). The molecule has 0 N–H and O–H groups in total. The predicted octanol–water partition coefficient (Wildman–Crippen LogP) is 6.23. The van der Waals surface area contributed by atoms with Crippen molar-refractivity contribution in [3.63, 3.8) is 0 Å². The van der Waals surface area contributed by atoms with Crippen molar-refractivity contribution in [3.05, 3.63) is 145 Å². The van der Waals surface area contributed by atoms with E-state index < -0.39 is 5.97 Å². The molecule has 2 nitrogen and oxygen atoms in total. The number of benzene rings is 5. The summed E-state index contributed by atoms with van der Waals surface area (Å²) in [4.78, 5) is 12.7. The minimum atomic E-state index is -1.04. The van der Waals surface area contributed by atoms with E-state index in [1.54, 1.807) is 24.3 Å². The molecule has 0 spiro atoms. The van der Waals surface area contributed by atoms with E-state index in [4.69, 9.17) is 0 Å². The molecule has 5 aromatic rings. The molecule has 0 unspecified atom stereocenters. The van der Waals surface area contributed by atoms with Gasteiger partial charge in [-0.2, -0.15) is 0 Å². The van der Waals surface area contributed by atoms with Gasteiger partial charge in [0.2, 0.25) is 0 Å². The van der Waals surface area contributed by atoms with Gasteiger partial charge in [-0.05, 0) is 76.3 Å². The fourth-order valence-electron chi connectivity index (χ4n) is 3.63. The van der Waals surface area contributed by atoms with Gasteiger partial charge in [0.05, 0.1) is 0 Å². The number of thiol groups is 1. The van der Waals surface area contributed by atoms with E-state index in [1.165, 1.54) is 43.8 Å². The molecule has 0 aliphatic carbocycles. The van der Waals surface area contributed by atoms with Crippen LogP contribution in [0.3, 0.4) is 0 Å². The monoisotopic (exact) mass is 474 g/mol. The van der Waals surface area contributed by atoms with Crippen molar-refractivity contribution in [2.24, 2.45) is 0 Å². The molecule has 0 saturated carbocycles. The van der Waals surface area contributed by atoms with Gasteiger partial charge in [0.25, 0.3) is 0 Å². The van der Waals surface area contributed by atoms with Crippen molar-refractivity contribution in [2.75, 3.05) is 0 Å². The average Bonchev–Trinajstić information content (AvgIpc) is 2.91. The summed E-state index contributed by atoms with van der Waals surface area (Å²) >= 11 is 1.24. The maximum atomic E-state index is 10.1. The lowest BCUT2D eigenvalue weighted by atomic mass is 10.1. The Bertz CT molecular complexity index is 1230. The highest BCUT2D eigenvalue weighted by Gasteiger charge is 2.08. The first-order valence-corrected chi connectivity index (χ1v) is 12.3. The predicted molar refractivity (Wildman–Crippen MR) is 144 cm³/mol. The molecule has 0 radical (unpaired) electrons. The molecular weight excluding hydrogens is 448 g/mol. The molecule has 0 fully saturated rings. The van der Waals surface area contributed by atoms with Gasteiger partial charge in [-0.1, -0.05) is 91.0 Å². The fourth-order valence-corrected chi connectivity index (χ4v) is 4.52. The number of carbonyl (C=O) groups is 1. The zero-order valence-electron chi connectivity index (χ0n) is 19.2. The molecule has 0 aromatic heterocycles. The van der Waals surface area contributed by atoms with Crippen LogP contribution in [0, 0.1) is 0 Å². The first kappa shape index (κ1) is 24.1. The van der Waals surface area contributed by atoms with Gasteiger partial charge in [0.15, 0.2) is 9.79 Å². The van der Waals surface area contributed by atoms with Crippen molar-refractivity contribution in [1.29, 1.82) is 0 Å². The van der Waals surface area contributed by atoms with Gasteiger partial charge in [-0.3, -0.25) is 0 Å². The summed E-state index contributed by atoms with van der Waals surface area (Å²) in [5.74, 6) is -1.04. The zero-order valence-corrected chi connectivity index (χ0v) is 20.1. The van der Waals surface area contributed by atoms with Crippen molar-refractivity contribution in [2.45, 2.75) is 16.2 Å². The summed E-state index contributed by atoms with van der Waals surface area (Å²) in [6, 6.07) is 47.7. The van der Waals surface area contributed by atoms with Crippen LogP contribution in [0.1, 0.15) is 5.56 Å². The number of carboxylic acid groups (broad SMARTS) is 1. The molecule has 5 rings (SSSR count). The zero-order chi connectivity index (χ0) is 24.3. The fraction of sp³-hybridized carbons (Fsp3) is 0.0312. The number of carbonyl (C=O) groups excluding carboxylic acids is 1. The highest BCUT2D eigenvalue weighted by atomic mass is 32.2. The normalized spacial score (nSPS) is 10.2. The van der Waals surface area contributed by atoms with Gasteiger partial charge in [-0.25, -0.2) is 0 Å². The summed E-state index contributed by atoms with van der Waals surface area (Å²) in [6.45, 7) is 0. The van der Waals surface area contributed by atoms with Gasteiger partial charge in [0.1, 0.15) is 0 Å². The van der Waals surface area contributed by atoms with E-state index in [0.717, 1.165) is 5.56 Å². The van der Waals surface area contributed by atoms with E-state index in [2.05, 4.69) is 109 Å². The summed E-state index contributed by atoms with van der Waals surface area (Å²) in [5.41, 5.74) is 5.83. The Morgan fingerprint density at radius 3 is 1.20 bits per heavy atom. The minimum Gasteiger partial charge on any atom is -0.550 e. The Labute approximate surface area is 210 Å². The number of hydrogen-bond donors (Lipinski definition) is 0. The van der Waals surface area contributed by atoms with Crippen LogP contribution < -0.4 is 5.11 Å². The molecule has 0 bridgehead atoms. The smallest absolute Gasteiger partial charge is 0.158 e. The number of aliphatic carboxylic acids is 1. The van der Waals surface area contributed by atoms with Crippen LogP contribution in [-0.2, 0) is 23.0 Å². The molecule has 3 heteroatoms. The number of hydrogen-bond acceptors (Lipinski definition) is 2. The maximum Gasteiger partial charge on any atom is 0.158 e. The molecular formula is C32H26O2S. The molecule has 0 atom stereocenters. The molecule has 172 valence electrons. The number of carboxylic acids is 1. The largest absolute Gasteiger partial charge is 0.550 e. The highest BCUT2D eigenvalue weighted by Crippen LogP contribution is 2.23. The summed E-state index contributed by atoms with van der Waals surface area (Å²) in [7, 11) is 0. The molecule has 0 heterocycles. The third kappa shape index (κ3) is 7.46. The first-order chi connectivity index (χ1) is 17.2. The lowest BCUT2D eigenvalue weighted by Crippen LogP contribution is -2.24. The van der Waals surface area contributed by atoms with Gasteiger partial charge in [-0.15, -0.1) is 0 Å². The molecule has 0 saturated heterocycles. The first-order valence-electron chi connectivity index (χ1n) is 11.4. The van der Waals surface area contributed by atoms with Crippen LogP contribution >= 0.6 is 0 Å². The van der Waals surface area contributed by atoms with Crippen LogP contribution in [0.5, 0.6) is 0 Å². The SMILES string of the molecule is O=C([O-])Cc1ccccc1.c1ccc(-c2ccc([SH+]c3ccc(-c4ccccc4)cc3)cc2)cc1. The molecule has 0 aliphatic heterocycles. The third-order valence-corrected chi connectivity index (χ3v) is 6.51. The van der Waals surface area contributed by atoms with E-state index in [9.17, 15) is 9.90 Å². The summed E-state index contributed by atoms with van der Waals surface area (Å²) in [6.07, 6.45) is 0.000833. The van der Waals surface area contributed by atoms with Crippen molar-refractivity contribution in [1.82, 2.24) is 0 Å². The summed E-state index contributed by atoms with van der Waals surface area (Å²) < 4.78 is 0. The second kappa shape index (κ2) is 12.4. The van der Waals surface area contributed by atoms with Crippen molar-refractivity contribution < 1.29 is 9.90 Å². The van der Waals surface area contributed by atoms with E-state index in [0.29, 0.717) is 0 Å². The Balaban J connectivity index is 0.000000243. The van der Waals surface area contributed by atoms with Crippen LogP contribution in [-0.4, -0.2) is 5.97 Å². The Morgan fingerprint density at radius 2 is 0.829 bits per heavy atom. The third-order valence-electron chi connectivity index (χ3n) is 5.40. The van der Waals surface area contributed by atoms with Crippen LogP contribution in [0.2, 0.25) is 0 Å². The van der Waals surface area contributed by atoms with Gasteiger partial charge in [0, 0.05) is 24.2 Å². The van der Waals surface area contributed by atoms with Gasteiger partial charge < -0.3 is 9.90 Å². The van der Waals surface area contributed by atoms with E-state index >= 15 is 0 Å². The molecule has 0 aliphatic rings. The minimum absolute atomic E-state index is 0.000833. The summed E-state index contributed by atoms with van der Waals surface area (Å²) in [5, 5.41) is 10.1. The van der Waals surface area contributed by atoms with Crippen LogP contribution in [0.15, 0.2) is 149 Å². The highest BCUT2D eigenvalue weighted by molar-refractivity contribution is 7.78. The maximum absolute atomic E-state index is 10.1. The number of rotatable bonds is 6. The second-order valence-corrected chi connectivity index (χ2v) is 9.23.